The Balaban J connectivity index is 1.59. The van der Waals surface area contributed by atoms with Gasteiger partial charge >= 0.3 is 0 Å². The lowest BCUT2D eigenvalue weighted by Crippen LogP contribution is -2.43. The maximum absolute atomic E-state index is 13.1. The highest BCUT2D eigenvalue weighted by atomic mass is 32.2. The van der Waals surface area contributed by atoms with E-state index in [0.717, 1.165) is 10.8 Å². The molecule has 4 rings (SSSR count). The lowest BCUT2D eigenvalue weighted by molar-refractivity contribution is -0.119. The number of rotatable bonds is 5. The summed E-state index contributed by atoms with van der Waals surface area (Å²) in [6.45, 7) is 0.321. The zero-order valence-corrected chi connectivity index (χ0v) is 16.9. The monoisotopic (exact) mass is 410 g/mol. The minimum absolute atomic E-state index is 0.156. The summed E-state index contributed by atoms with van der Waals surface area (Å²) in [5.41, 5.74) is 0.682. The van der Waals surface area contributed by atoms with E-state index in [1.807, 2.05) is 42.5 Å². The largest absolute Gasteiger partial charge is 0.497 e. The van der Waals surface area contributed by atoms with Crippen molar-refractivity contribution >= 4 is 32.4 Å². The highest BCUT2D eigenvalue weighted by Gasteiger charge is 2.39. The minimum atomic E-state index is -3.78. The van der Waals surface area contributed by atoms with Gasteiger partial charge in [-0.05, 0) is 48.6 Å². The molecule has 1 amide bonds. The number of hydrogen-bond acceptors (Lipinski definition) is 4. The third-order valence-electron chi connectivity index (χ3n) is 5.22. The third kappa shape index (κ3) is 3.71. The number of carbonyl (C=O) groups excluding carboxylic acids is 1. The van der Waals surface area contributed by atoms with Crippen molar-refractivity contribution in [3.05, 3.63) is 66.7 Å². The van der Waals surface area contributed by atoms with Crippen molar-refractivity contribution in [2.45, 2.75) is 23.8 Å². The second-order valence-corrected chi connectivity index (χ2v) is 8.86. The number of methoxy groups -OCH3 is 1. The summed E-state index contributed by atoms with van der Waals surface area (Å²) in [5, 5.41) is 4.87. The van der Waals surface area contributed by atoms with Crippen molar-refractivity contribution in [3.63, 3.8) is 0 Å². The normalized spacial score (nSPS) is 17.3. The molecule has 1 N–H and O–H groups in total. The van der Waals surface area contributed by atoms with Gasteiger partial charge < -0.3 is 10.1 Å². The van der Waals surface area contributed by atoms with Gasteiger partial charge in [-0.25, -0.2) is 8.42 Å². The van der Waals surface area contributed by atoms with Crippen LogP contribution in [0.5, 0.6) is 5.75 Å². The highest BCUT2D eigenvalue weighted by molar-refractivity contribution is 7.89. The predicted octanol–water partition coefficient (Wildman–Crippen LogP) is 3.64. The van der Waals surface area contributed by atoms with E-state index in [4.69, 9.17) is 4.74 Å². The van der Waals surface area contributed by atoms with E-state index in [1.54, 1.807) is 12.1 Å². The van der Waals surface area contributed by atoms with Crippen molar-refractivity contribution in [2.24, 2.45) is 0 Å². The molecule has 6 nitrogen and oxygen atoms in total. The number of ether oxygens (including phenoxy) is 1. The fourth-order valence-electron chi connectivity index (χ4n) is 3.72. The Labute approximate surface area is 170 Å². The van der Waals surface area contributed by atoms with Crippen LogP contribution in [-0.2, 0) is 14.8 Å². The Kier molecular flexibility index (Phi) is 5.25. The molecule has 3 aromatic rings. The highest BCUT2D eigenvalue weighted by Crippen LogP contribution is 2.29. The number of sulfonamides is 1. The summed E-state index contributed by atoms with van der Waals surface area (Å²) in [4.78, 5) is 13.2. The van der Waals surface area contributed by atoms with Crippen LogP contribution in [0.2, 0.25) is 0 Å². The van der Waals surface area contributed by atoms with Crippen LogP contribution in [0.3, 0.4) is 0 Å². The van der Waals surface area contributed by atoms with Gasteiger partial charge in [0.1, 0.15) is 11.8 Å². The van der Waals surface area contributed by atoms with E-state index in [-0.39, 0.29) is 10.8 Å². The molecule has 150 valence electrons. The van der Waals surface area contributed by atoms with E-state index in [1.165, 1.54) is 23.5 Å². The fourth-order valence-corrected chi connectivity index (χ4v) is 5.38. The lowest BCUT2D eigenvalue weighted by atomic mass is 10.1. The number of hydrogen-bond donors (Lipinski definition) is 1. The molecule has 0 saturated carbocycles. The Morgan fingerprint density at radius 3 is 2.52 bits per heavy atom. The molecule has 1 aliphatic rings. The van der Waals surface area contributed by atoms with Crippen molar-refractivity contribution in [2.75, 3.05) is 19.0 Å². The molecule has 0 unspecified atom stereocenters. The van der Waals surface area contributed by atoms with Crippen LogP contribution in [0, 0.1) is 0 Å². The smallest absolute Gasteiger partial charge is 0.243 e. The van der Waals surface area contributed by atoms with E-state index in [9.17, 15) is 13.2 Å². The van der Waals surface area contributed by atoms with Crippen LogP contribution >= 0.6 is 0 Å². The number of carbonyl (C=O) groups is 1. The zero-order chi connectivity index (χ0) is 20.4. The van der Waals surface area contributed by atoms with Crippen LogP contribution in [-0.4, -0.2) is 38.3 Å². The SMILES string of the molecule is COc1ccc(S(=O)(=O)N2CCC[C@@H]2C(=O)Nc2cccc3ccccc23)cc1. The molecule has 0 bridgehead atoms. The maximum Gasteiger partial charge on any atom is 0.243 e. The third-order valence-corrected chi connectivity index (χ3v) is 7.14. The Morgan fingerprint density at radius 2 is 1.76 bits per heavy atom. The summed E-state index contributed by atoms with van der Waals surface area (Å²) in [6.07, 6.45) is 1.13. The number of fused-ring (bicyclic) bond motifs is 1. The fraction of sp³-hybridized carbons (Fsp3) is 0.227. The van der Waals surface area contributed by atoms with Gasteiger partial charge in [-0.15, -0.1) is 0 Å². The van der Waals surface area contributed by atoms with Gasteiger partial charge in [-0.2, -0.15) is 4.31 Å². The second kappa shape index (κ2) is 7.85. The van der Waals surface area contributed by atoms with Crippen molar-refractivity contribution in [3.8, 4) is 5.75 Å². The molecule has 3 aromatic carbocycles. The lowest BCUT2D eigenvalue weighted by Gasteiger charge is -2.23. The molecule has 0 spiro atoms. The van der Waals surface area contributed by atoms with Crippen molar-refractivity contribution in [1.82, 2.24) is 4.31 Å². The van der Waals surface area contributed by atoms with Crippen LogP contribution in [0.4, 0.5) is 5.69 Å². The number of nitrogens with one attached hydrogen (secondary N) is 1. The summed E-state index contributed by atoms with van der Waals surface area (Å²) in [5.74, 6) is 0.270. The Morgan fingerprint density at radius 1 is 1.03 bits per heavy atom. The quantitative estimate of drug-likeness (QED) is 0.697. The second-order valence-electron chi connectivity index (χ2n) is 6.97. The van der Waals surface area contributed by atoms with Gasteiger partial charge in [0.2, 0.25) is 15.9 Å². The minimum Gasteiger partial charge on any atom is -0.497 e. The van der Waals surface area contributed by atoms with E-state index < -0.39 is 16.1 Å². The molecule has 1 aliphatic heterocycles. The summed E-state index contributed by atoms with van der Waals surface area (Å²) in [7, 11) is -2.25. The van der Waals surface area contributed by atoms with E-state index >= 15 is 0 Å². The van der Waals surface area contributed by atoms with Gasteiger partial charge in [0, 0.05) is 17.6 Å². The van der Waals surface area contributed by atoms with E-state index in [2.05, 4.69) is 5.32 Å². The van der Waals surface area contributed by atoms with Gasteiger partial charge in [0.05, 0.1) is 12.0 Å². The number of amides is 1. The van der Waals surface area contributed by atoms with Gasteiger partial charge in [0.25, 0.3) is 0 Å². The molecule has 1 heterocycles. The van der Waals surface area contributed by atoms with E-state index in [0.29, 0.717) is 30.8 Å². The van der Waals surface area contributed by atoms with Gasteiger partial charge in [0.15, 0.2) is 0 Å². The molecule has 29 heavy (non-hydrogen) atoms. The molecule has 1 fully saturated rings. The van der Waals surface area contributed by atoms with Gasteiger partial charge in [-0.3, -0.25) is 4.79 Å². The van der Waals surface area contributed by atoms with Crippen molar-refractivity contribution in [1.29, 1.82) is 0 Å². The first-order chi connectivity index (χ1) is 14.0. The zero-order valence-electron chi connectivity index (χ0n) is 16.0. The van der Waals surface area contributed by atoms with Crippen LogP contribution in [0.25, 0.3) is 10.8 Å². The molecular weight excluding hydrogens is 388 g/mol. The maximum atomic E-state index is 13.1. The molecule has 1 atom stereocenters. The van der Waals surface area contributed by atoms with Crippen LogP contribution in [0.1, 0.15) is 12.8 Å². The predicted molar refractivity (Wildman–Crippen MR) is 112 cm³/mol. The molecule has 0 radical (unpaired) electrons. The van der Waals surface area contributed by atoms with Crippen LogP contribution < -0.4 is 10.1 Å². The first-order valence-corrected chi connectivity index (χ1v) is 10.9. The average Bonchev–Trinajstić information content (AvgIpc) is 3.25. The molecule has 0 aromatic heterocycles. The van der Waals surface area contributed by atoms with Crippen LogP contribution in [0.15, 0.2) is 71.6 Å². The first kappa shape index (κ1) is 19.4. The summed E-state index contributed by atoms with van der Waals surface area (Å²) >= 11 is 0. The Hall–Kier alpha value is -2.90. The first-order valence-electron chi connectivity index (χ1n) is 9.45. The topological polar surface area (TPSA) is 75.7 Å². The number of anilines is 1. The number of nitrogens with zero attached hydrogens (tertiary/aromatic N) is 1. The average molecular weight is 410 g/mol. The molecule has 1 saturated heterocycles. The Bertz CT molecular complexity index is 1140. The van der Waals surface area contributed by atoms with Gasteiger partial charge in [-0.1, -0.05) is 36.4 Å². The standard InChI is InChI=1S/C22H22N2O4S/c1-28-17-11-13-18(14-12-17)29(26,27)24-15-5-10-21(24)22(25)23-20-9-4-7-16-6-2-3-8-19(16)20/h2-4,6-9,11-14,21H,5,10,15H2,1H3,(H,23,25)/t21-/m1/s1. The summed E-state index contributed by atoms with van der Waals surface area (Å²) < 4.78 is 32.6. The molecule has 7 heteroatoms. The molecular formula is C22H22N2O4S. The summed E-state index contributed by atoms with van der Waals surface area (Å²) in [6, 6.07) is 18.9. The number of benzene rings is 3. The molecule has 0 aliphatic carbocycles. The van der Waals surface area contributed by atoms with Crippen molar-refractivity contribution < 1.29 is 17.9 Å².